The number of benzene rings is 2. The maximum atomic E-state index is 13.2. The van der Waals surface area contributed by atoms with Gasteiger partial charge in [0.05, 0.1) is 35.2 Å². The number of anilines is 1. The van der Waals surface area contributed by atoms with Crippen molar-refractivity contribution in [1.82, 2.24) is 9.88 Å². The predicted octanol–water partition coefficient (Wildman–Crippen LogP) is 3.15. The number of hydrogen-bond donors (Lipinski definition) is 4. The van der Waals surface area contributed by atoms with Crippen molar-refractivity contribution in [2.45, 2.75) is 17.9 Å². The lowest BCUT2D eigenvalue weighted by Crippen LogP contribution is -2.38. The van der Waals surface area contributed by atoms with Crippen molar-refractivity contribution in [2.24, 2.45) is 4.36 Å². The lowest BCUT2D eigenvalue weighted by Gasteiger charge is -2.20. The molecule has 4 N–H and O–H groups in total. The fraction of sp³-hybridized carbons (Fsp3) is 0.188. The van der Waals surface area contributed by atoms with Crippen molar-refractivity contribution in [3.63, 3.8) is 0 Å². The summed E-state index contributed by atoms with van der Waals surface area (Å²) in [7, 11) is 0.0905. The molecule has 0 aliphatic carbocycles. The SMILES string of the molecule is Cc1ccoc1C(=O)Nc1cccc(C#Cc2cncc(C(=O)N=S(CC(=O)N(C)CC(O)CO)c3ccccc3O)c2)c1. The highest BCUT2D eigenvalue weighted by atomic mass is 32.2. The van der Waals surface area contributed by atoms with Gasteiger partial charge in [0.25, 0.3) is 11.8 Å². The lowest BCUT2D eigenvalue weighted by molar-refractivity contribution is -0.128. The van der Waals surface area contributed by atoms with Crippen LogP contribution in [0.2, 0.25) is 0 Å². The molecule has 44 heavy (non-hydrogen) atoms. The average molecular weight is 615 g/mol. The second-order valence-electron chi connectivity index (χ2n) is 9.66. The highest BCUT2D eigenvalue weighted by molar-refractivity contribution is 7.88. The van der Waals surface area contributed by atoms with E-state index in [2.05, 4.69) is 26.5 Å². The van der Waals surface area contributed by atoms with Crippen molar-refractivity contribution < 1.29 is 34.1 Å². The summed E-state index contributed by atoms with van der Waals surface area (Å²) in [5.41, 5.74) is 2.42. The first-order valence-corrected chi connectivity index (χ1v) is 14.7. The summed E-state index contributed by atoms with van der Waals surface area (Å²) in [6.07, 6.45) is 3.16. The minimum Gasteiger partial charge on any atom is -0.507 e. The molecule has 0 saturated carbocycles. The van der Waals surface area contributed by atoms with Gasteiger partial charge in [0.1, 0.15) is 5.75 Å². The van der Waals surface area contributed by atoms with Gasteiger partial charge in [-0.15, -0.1) is 0 Å². The Morgan fingerprint density at radius 3 is 2.57 bits per heavy atom. The lowest BCUT2D eigenvalue weighted by atomic mass is 10.1. The Labute approximate surface area is 256 Å². The number of pyridine rings is 1. The maximum absolute atomic E-state index is 13.2. The van der Waals surface area contributed by atoms with Gasteiger partial charge in [0.15, 0.2) is 5.76 Å². The van der Waals surface area contributed by atoms with Crippen LogP contribution in [0.25, 0.3) is 0 Å². The predicted molar refractivity (Wildman–Crippen MR) is 164 cm³/mol. The molecule has 2 aromatic carbocycles. The molecule has 226 valence electrons. The van der Waals surface area contributed by atoms with Crippen LogP contribution in [0.15, 0.2) is 93.0 Å². The number of furan rings is 1. The van der Waals surface area contributed by atoms with Crippen LogP contribution >= 0.6 is 0 Å². The number of aromatic nitrogens is 1. The zero-order valence-electron chi connectivity index (χ0n) is 23.9. The van der Waals surface area contributed by atoms with Gasteiger partial charge in [0.2, 0.25) is 5.91 Å². The number of amides is 3. The second-order valence-corrected chi connectivity index (χ2v) is 11.3. The highest BCUT2D eigenvalue weighted by Gasteiger charge is 2.19. The molecule has 0 bridgehead atoms. The number of nitrogens with one attached hydrogen (secondary N) is 1. The Balaban J connectivity index is 1.54. The van der Waals surface area contributed by atoms with Crippen LogP contribution in [0.5, 0.6) is 5.75 Å². The van der Waals surface area contributed by atoms with E-state index >= 15 is 0 Å². The van der Waals surface area contributed by atoms with Crippen LogP contribution in [-0.4, -0.2) is 75.0 Å². The van der Waals surface area contributed by atoms with Crippen LogP contribution in [0.1, 0.15) is 37.6 Å². The van der Waals surface area contributed by atoms with Gasteiger partial charge in [0, 0.05) is 48.4 Å². The number of aliphatic hydroxyl groups excluding tert-OH is 2. The monoisotopic (exact) mass is 614 g/mol. The number of carbonyl (C=O) groups excluding carboxylic acids is 3. The second kappa shape index (κ2) is 14.9. The summed E-state index contributed by atoms with van der Waals surface area (Å²) in [6.45, 7) is 1.16. The number of likely N-dealkylation sites (N-methyl/N-ethyl adjacent to an activating group) is 1. The van der Waals surface area contributed by atoms with E-state index in [1.807, 2.05) is 0 Å². The Morgan fingerprint density at radius 1 is 1.07 bits per heavy atom. The molecule has 3 amide bonds. The first-order chi connectivity index (χ1) is 21.1. The first-order valence-electron chi connectivity index (χ1n) is 13.3. The van der Waals surface area contributed by atoms with E-state index in [0.717, 1.165) is 5.56 Å². The average Bonchev–Trinajstić information content (AvgIpc) is 3.46. The number of aliphatic hydroxyl groups is 2. The van der Waals surface area contributed by atoms with Gasteiger partial charge in [-0.3, -0.25) is 19.4 Å². The third kappa shape index (κ3) is 8.48. The molecule has 2 aromatic heterocycles. The van der Waals surface area contributed by atoms with Gasteiger partial charge < -0.3 is 30.0 Å². The molecule has 2 unspecified atom stereocenters. The molecule has 4 rings (SSSR count). The zero-order valence-corrected chi connectivity index (χ0v) is 24.7. The fourth-order valence-electron chi connectivity index (χ4n) is 3.91. The quantitative estimate of drug-likeness (QED) is 0.209. The number of carbonyl (C=O) groups is 3. The van der Waals surface area contributed by atoms with Gasteiger partial charge in [-0.2, -0.15) is 4.36 Å². The number of phenolic OH excluding ortho intramolecular Hbond substituents is 1. The molecule has 2 atom stereocenters. The van der Waals surface area contributed by atoms with Crippen LogP contribution in [0, 0.1) is 18.8 Å². The standard InChI is InChI=1S/C32H30N4O7S/c1-21-12-13-43-30(21)32(42)34-25-7-5-6-22(15-25)10-11-23-14-24(17-33-16-23)31(41)35-44(28-9-4-3-8-27(28)39)20-29(40)36(2)18-26(38)19-37/h3-9,12-17,26,37-39H,18-20H2,1-2H3,(H,34,42). The Bertz CT molecular complexity index is 1770. The third-order valence-corrected chi connectivity index (χ3v) is 7.98. The summed E-state index contributed by atoms with van der Waals surface area (Å²) in [5.74, 6) is 4.35. The number of aromatic hydroxyl groups is 1. The smallest absolute Gasteiger partial charge is 0.291 e. The minimum atomic E-state index is -1.37. The normalized spacial score (nSPS) is 12.1. The molecular weight excluding hydrogens is 584 g/mol. The van der Waals surface area contributed by atoms with Crippen molar-refractivity contribution in [2.75, 3.05) is 31.3 Å². The molecule has 2 heterocycles. The van der Waals surface area contributed by atoms with E-state index in [9.17, 15) is 24.6 Å². The summed E-state index contributed by atoms with van der Waals surface area (Å²) in [4.78, 5) is 44.2. The van der Waals surface area contributed by atoms with E-state index in [0.29, 0.717) is 21.7 Å². The summed E-state index contributed by atoms with van der Waals surface area (Å²) in [5, 5.41) is 32.0. The number of phenols is 1. The van der Waals surface area contributed by atoms with Gasteiger partial charge in [-0.05, 0) is 60.1 Å². The summed E-state index contributed by atoms with van der Waals surface area (Å²) in [6, 6.07) is 16.5. The fourth-order valence-corrected chi connectivity index (χ4v) is 5.53. The van der Waals surface area contributed by atoms with Crippen molar-refractivity contribution in [1.29, 1.82) is 0 Å². The first kappa shape index (κ1) is 31.8. The Morgan fingerprint density at radius 2 is 1.84 bits per heavy atom. The highest BCUT2D eigenvalue weighted by Crippen LogP contribution is 2.23. The molecule has 4 aromatic rings. The molecule has 12 heteroatoms. The molecule has 0 aliphatic heterocycles. The van der Waals surface area contributed by atoms with E-state index < -0.39 is 35.2 Å². The molecule has 11 nitrogen and oxygen atoms in total. The van der Waals surface area contributed by atoms with Crippen molar-refractivity contribution in [3.8, 4) is 17.6 Å². The Kier molecular flexibility index (Phi) is 10.8. The summed E-state index contributed by atoms with van der Waals surface area (Å²) >= 11 is 0. The van der Waals surface area contributed by atoms with Crippen molar-refractivity contribution in [3.05, 3.63) is 107 Å². The molecule has 0 radical (unpaired) electrons. The van der Waals surface area contributed by atoms with Gasteiger partial charge in [-0.1, -0.05) is 30.0 Å². The van der Waals surface area contributed by atoms with Crippen LogP contribution in [0.4, 0.5) is 5.69 Å². The van der Waals surface area contributed by atoms with E-state index in [1.165, 1.54) is 42.7 Å². The van der Waals surface area contributed by atoms with Gasteiger partial charge >= 0.3 is 0 Å². The topological polar surface area (TPSA) is 166 Å². The minimum absolute atomic E-state index is 0.106. The van der Waals surface area contributed by atoms with E-state index in [-0.39, 0.29) is 35.3 Å². The Hall–Kier alpha value is -5.09. The van der Waals surface area contributed by atoms with Crippen molar-refractivity contribution >= 4 is 34.1 Å². The van der Waals surface area contributed by atoms with Crippen LogP contribution in [-0.2, 0) is 15.5 Å². The van der Waals surface area contributed by atoms with Crippen LogP contribution in [0.3, 0.4) is 0 Å². The molecule has 0 fully saturated rings. The number of aryl methyl sites for hydroxylation is 1. The number of rotatable bonds is 9. The largest absolute Gasteiger partial charge is 0.507 e. The zero-order chi connectivity index (χ0) is 31.6. The number of nitrogens with zero attached hydrogens (tertiary/aromatic N) is 3. The third-order valence-electron chi connectivity index (χ3n) is 6.22. The molecular formula is C32H30N4O7S. The van der Waals surface area contributed by atoms with Crippen LogP contribution < -0.4 is 5.32 Å². The van der Waals surface area contributed by atoms with E-state index in [4.69, 9.17) is 9.52 Å². The molecule has 0 saturated heterocycles. The number of para-hydroxylation sites is 1. The molecule has 0 aliphatic rings. The van der Waals surface area contributed by atoms with Gasteiger partial charge in [-0.25, -0.2) is 0 Å². The summed E-state index contributed by atoms with van der Waals surface area (Å²) < 4.78 is 9.49. The number of hydrogen-bond acceptors (Lipinski definition) is 8. The maximum Gasteiger partial charge on any atom is 0.291 e. The molecule has 0 spiro atoms. The van der Waals surface area contributed by atoms with E-state index in [1.54, 1.807) is 55.5 Å².